The number of hydrogen-bond acceptors (Lipinski definition) is 3. The number of ketones is 2. The molecule has 0 unspecified atom stereocenters. The normalized spacial score (nSPS) is 22.1. The number of aliphatic imine (C=N–C) groups is 1. The molecule has 0 bridgehead atoms. The molecule has 0 saturated heterocycles. The molecule has 2 aliphatic rings. The predicted molar refractivity (Wildman–Crippen MR) is 78.4 cm³/mol. The van der Waals surface area contributed by atoms with Crippen LogP contribution >= 0.6 is 0 Å². The smallest absolute Gasteiger partial charge is 0.229 e. The third-order valence-electron chi connectivity index (χ3n) is 4.33. The van der Waals surface area contributed by atoms with Gasteiger partial charge in [-0.15, -0.1) is 0 Å². The number of carbonyl (C=O) groups is 2. The second kappa shape index (κ2) is 5.70. The summed E-state index contributed by atoms with van der Waals surface area (Å²) < 4.78 is 0. The topological polar surface area (TPSA) is 46.5 Å². The Morgan fingerprint density at radius 1 is 1.00 bits per heavy atom. The van der Waals surface area contributed by atoms with E-state index in [9.17, 15) is 9.59 Å². The third kappa shape index (κ3) is 2.58. The Balaban J connectivity index is 1.84. The van der Waals surface area contributed by atoms with Crippen molar-refractivity contribution in [1.82, 2.24) is 0 Å². The zero-order valence-corrected chi connectivity index (χ0v) is 11.6. The molecule has 0 aromatic heterocycles. The highest BCUT2D eigenvalue weighted by atomic mass is 16.2. The van der Waals surface area contributed by atoms with Crippen molar-refractivity contribution in [3.63, 3.8) is 0 Å². The minimum atomic E-state index is -0.364. The van der Waals surface area contributed by atoms with Crippen LogP contribution in [0.1, 0.15) is 54.4 Å². The van der Waals surface area contributed by atoms with Gasteiger partial charge in [-0.1, -0.05) is 43.5 Å². The Hall–Kier alpha value is -1.77. The molecular weight excluding hydrogens is 250 g/mol. The minimum absolute atomic E-state index is 0.169. The van der Waals surface area contributed by atoms with Gasteiger partial charge in [0.05, 0.1) is 12.1 Å². The van der Waals surface area contributed by atoms with E-state index in [-0.39, 0.29) is 18.0 Å². The molecule has 1 fully saturated rings. The van der Waals surface area contributed by atoms with Crippen LogP contribution in [0.5, 0.6) is 0 Å². The Labute approximate surface area is 119 Å². The average Bonchev–Trinajstić information content (AvgIpc) is 2.50. The highest BCUT2D eigenvalue weighted by Crippen LogP contribution is 2.25. The van der Waals surface area contributed by atoms with Gasteiger partial charge in [0.1, 0.15) is 0 Å². The number of Topliss-reactive ketones (excluding diaryl/α,β-unsaturated/α-hetero) is 2. The minimum Gasteiger partial charge on any atom is -0.290 e. The van der Waals surface area contributed by atoms with E-state index in [1.165, 1.54) is 32.1 Å². The molecule has 3 heteroatoms. The van der Waals surface area contributed by atoms with Crippen LogP contribution in [-0.2, 0) is 4.79 Å². The van der Waals surface area contributed by atoms with E-state index in [1.807, 2.05) is 12.1 Å². The summed E-state index contributed by atoms with van der Waals surface area (Å²) in [6.07, 6.45) is 6.58. The van der Waals surface area contributed by atoms with Gasteiger partial charge in [0.25, 0.3) is 0 Å². The van der Waals surface area contributed by atoms with Gasteiger partial charge in [-0.2, -0.15) is 0 Å². The van der Waals surface area contributed by atoms with Gasteiger partial charge >= 0.3 is 0 Å². The molecule has 0 aliphatic heterocycles. The fourth-order valence-corrected chi connectivity index (χ4v) is 3.16. The van der Waals surface area contributed by atoms with Crippen molar-refractivity contribution in [1.29, 1.82) is 0 Å². The van der Waals surface area contributed by atoms with Crippen molar-refractivity contribution in [2.24, 2.45) is 10.9 Å². The Bertz CT molecular complexity index is 568. The lowest BCUT2D eigenvalue weighted by Gasteiger charge is -2.21. The fraction of sp³-hybridized carbons (Fsp3) is 0.471. The standard InChI is InChI=1S/C17H19NO2/c19-16-10-15(18-11-12-6-2-1-3-7-12)13-8-4-5-9-14(13)17(16)20/h4-5,8-9,12H,1-3,6-7,10-11H2. The molecule has 0 N–H and O–H groups in total. The third-order valence-corrected chi connectivity index (χ3v) is 4.33. The summed E-state index contributed by atoms with van der Waals surface area (Å²) in [4.78, 5) is 28.3. The number of nitrogens with zero attached hydrogens (tertiary/aromatic N) is 1. The van der Waals surface area contributed by atoms with Gasteiger partial charge in [-0.05, 0) is 18.8 Å². The number of fused-ring (bicyclic) bond motifs is 1. The zero-order chi connectivity index (χ0) is 13.9. The molecule has 1 aromatic carbocycles. The molecular formula is C17H19NO2. The van der Waals surface area contributed by atoms with Gasteiger partial charge in [-0.3, -0.25) is 14.6 Å². The lowest BCUT2D eigenvalue weighted by Crippen LogP contribution is -2.27. The first-order chi connectivity index (χ1) is 9.75. The van der Waals surface area contributed by atoms with E-state index in [0.29, 0.717) is 11.5 Å². The first-order valence-electron chi connectivity index (χ1n) is 7.46. The van der Waals surface area contributed by atoms with E-state index in [0.717, 1.165) is 17.8 Å². The lowest BCUT2D eigenvalue weighted by molar-refractivity contribution is -0.114. The molecule has 3 rings (SSSR count). The molecule has 0 spiro atoms. The quantitative estimate of drug-likeness (QED) is 0.774. The summed E-state index contributed by atoms with van der Waals surface area (Å²) in [6, 6.07) is 7.33. The van der Waals surface area contributed by atoms with Crippen molar-refractivity contribution in [2.75, 3.05) is 6.54 Å². The molecule has 1 saturated carbocycles. The van der Waals surface area contributed by atoms with Crippen LogP contribution in [0.3, 0.4) is 0 Å². The van der Waals surface area contributed by atoms with Gasteiger partial charge in [-0.25, -0.2) is 0 Å². The molecule has 0 radical (unpaired) electrons. The van der Waals surface area contributed by atoms with E-state index in [2.05, 4.69) is 4.99 Å². The van der Waals surface area contributed by atoms with Crippen LogP contribution in [0.2, 0.25) is 0 Å². The second-order valence-corrected chi connectivity index (χ2v) is 5.77. The Morgan fingerprint density at radius 2 is 1.70 bits per heavy atom. The number of benzene rings is 1. The average molecular weight is 269 g/mol. The summed E-state index contributed by atoms with van der Waals surface area (Å²) in [5.41, 5.74) is 2.18. The SMILES string of the molecule is O=C1CC(=NCC2CCCCC2)c2ccccc2C1=O. The molecule has 20 heavy (non-hydrogen) atoms. The largest absolute Gasteiger partial charge is 0.290 e. The first-order valence-corrected chi connectivity index (χ1v) is 7.46. The van der Waals surface area contributed by atoms with E-state index in [4.69, 9.17) is 0 Å². The summed E-state index contributed by atoms with van der Waals surface area (Å²) >= 11 is 0. The van der Waals surface area contributed by atoms with E-state index >= 15 is 0 Å². The van der Waals surface area contributed by atoms with Gasteiger partial charge in [0, 0.05) is 17.7 Å². The second-order valence-electron chi connectivity index (χ2n) is 5.77. The van der Waals surface area contributed by atoms with Crippen LogP contribution in [0, 0.1) is 5.92 Å². The van der Waals surface area contributed by atoms with Gasteiger partial charge < -0.3 is 0 Å². The summed E-state index contributed by atoms with van der Waals surface area (Å²) in [6.45, 7) is 0.797. The highest BCUT2D eigenvalue weighted by Gasteiger charge is 2.28. The van der Waals surface area contributed by atoms with Crippen molar-refractivity contribution in [3.05, 3.63) is 35.4 Å². The van der Waals surface area contributed by atoms with Crippen molar-refractivity contribution in [2.45, 2.75) is 38.5 Å². The Kier molecular flexibility index (Phi) is 3.77. The number of rotatable bonds is 2. The molecule has 3 nitrogen and oxygen atoms in total. The van der Waals surface area contributed by atoms with E-state index < -0.39 is 0 Å². The summed E-state index contributed by atoms with van der Waals surface area (Å²) in [7, 11) is 0. The zero-order valence-electron chi connectivity index (χ0n) is 11.6. The summed E-state index contributed by atoms with van der Waals surface area (Å²) in [5.74, 6) is -0.0422. The van der Waals surface area contributed by atoms with Crippen LogP contribution in [-0.4, -0.2) is 23.8 Å². The lowest BCUT2D eigenvalue weighted by atomic mass is 9.87. The number of carbonyl (C=O) groups excluding carboxylic acids is 2. The molecule has 2 aliphatic carbocycles. The first kappa shape index (κ1) is 13.2. The van der Waals surface area contributed by atoms with Crippen LogP contribution in [0.25, 0.3) is 0 Å². The predicted octanol–water partition coefficient (Wildman–Crippen LogP) is 3.21. The molecule has 1 aromatic rings. The molecule has 0 atom stereocenters. The monoisotopic (exact) mass is 269 g/mol. The maximum Gasteiger partial charge on any atom is 0.229 e. The maximum absolute atomic E-state index is 11.9. The van der Waals surface area contributed by atoms with Gasteiger partial charge in [0.2, 0.25) is 11.6 Å². The molecule has 0 amide bonds. The van der Waals surface area contributed by atoms with Crippen LogP contribution < -0.4 is 0 Å². The van der Waals surface area contributed by atoms with Crippen molar-refractivity contribution < 1.29 is 9.59 Å². The van der Waals surface area contributed by atoms with Gasteiger partial charge in [0.15, 0.2) is 0 Å². The van der Waals surface area contributed by atoms with Crippen LogP contribution in [0.4, 0.5) is 0 Å². The maximum atomic E-state index is 11.9. The Morgan fingerprint density at radius 3 is 2.45 bits per heavy atom. The molecule has 104 valence electrons. The van der Waals surface area contributed by atoms with Crippen molar-refractivity contribution >= 4 is 17.3 Å². The summed E-state index contributed by atoms with van der Waals surface area (Å²) in [5, 5.41) is 0. The van der Waals surface area contributed by atoms with Crippen molar-refractivity contribution in [3.8, 4) is 0 Å². The van der Waals surface area contributed by atoms with Crippen LogP contribution in [0.15, 0.2) is 29.3 Å². The molecule has 0 heterocycles. The number of hydrogen-bond donors (Lipinski definition) is 0. The highest BCUT2D eigenvalue weighted by molar-refractivity contribution is 6.51. The fourth-order valence-electron chi connectivity index (χ4n) is 3.16. The van der Waals surface area contributed by atoms with E-state index in [1.54, 1.807) is 12.1 Å².